The molecule has 2 aliphatic rings. The minimum absolute atomic E-state index is 0.214. The molecule has 8 heteroatoms. The van der Waals surface area contributed by atoms with E-state index < -0.39 is 6.10 Å². The number of para-hydroxylation sites is 1. The standard InChI is InChI=1S/C26H25ClN4O3/c27-20-10-17(34-16-4-2-1-3-5-16)6-7-18(20)24(33)19-12-28-25-22(19)23-21(13-29-25)30-14-26(31-23)9-8-15(32)11-26/h1-7,10,12-13,15,24,30-33H,8-9,11,14H2,(H,28,29). The molecule has 0 radical (unpaired) electrons. The molecular weight excluding hydrogens is 452 g/mol. The van der Waals surface area contributed by atoms with E-state index in [0.29, 0.717) is 39.7 Å². The Morgan fingerprint density at radius 3 is 2.74 bits per heavy atom. The Kier molecular flexibility index (Phi) is 5.13. The van der Waals surface area contributed by atoms with Crippen molar-refractivity contribution >= 4 is 34.0 Å². The maximum Gasteiger partial charge on any atom is 0.139 e. The quantitative estimate of drug-likeness (QED) is 0.277. The SMILES string of the molecule is OC1CCC2(CNc3cnc4[nH]cc(C(O)c5ccc(Oc6ccccc6)cc5Cl)c4c3N2)C1. The van der Waals surface area contributed by atoms with Gasteiger partial charge in [0.1, 0.15) is 23.3 Å². The number of pyridine rings is 1. The zero-order chi connectivity index (χ0) is 23.3. The highest BCUT2D eigenvalue weighted by molar-refractivity contribution is 6.31. The lowest BCUT2D eigenvalue weighted by atomic mass is 9.92. The van der Waals surface area contributed by atoms with Gasteiger partial charge in [-0.25, -0.2) is 4.98 Å². The van der Waals surface area contributed by atoms with Gasteiger partial charge in [-0.15, -0.1) is 0 Å². The second kappa shape index (κ2) is 8.20. The van der Waals surface area contributed by atoms with Gasteiger partial charge in [-0.05, 0) is 43.5 Å². The Hall–Kier alpha value is -3.26. The predicted octanol–water partition coefficient (Wildman–Crippen LogP) is 5.21. The minimum Gasteiger partial charge on any atom is -0.457 e. The van der Waals surface area contributed by atoms with E-state index >= 15 is 0 Å². The highest BCUT2D eigenvalue weighted by Gasteiger charge is 2.41. The molecule has 5 N–H and O–H groups in total. The molecule has 0 amide bonds. The van der Waals surface area contributed by atoms with Crippen LogP contribution in [0.2, 0.25) is 5.02 Å². The maximum absolute atomic E-state index is 11.4. The summed E-state index contributed by atoms with van der Waals surface area (Å²) in [6, 6.07) is 14.8. The van der Waals surface area contributed by atoms with Crippen LogP contribution >= 0.6 is 11.6 Å². The number of aromatic amines is 1. The van der Waals surface area contributed by atoms with E-state index in [9.17, 15) is 10.2 Å². The zero-order valence-electron chi connectivity index (χ0n) is 18.4. The first-order valence-corrected chi connectivity index (χ1v) is 11.8. The normalized spacial score (nSPS) is 22.3. The first kappa shape index (κ1) is 21.3. The number of hydrogen-bond acceptors (Lipinski definition) is 6. The number of hydrogen-bond donors (Lipinski definition) is 5. The van der Waals surface area contributed by atoms with Crippen LogP contribution in [0.25, 0.3) is 11.0 Å². The summed E-state index contributed by atoms with van der Waals surface area (Å²) in [6.07, 6.45) is 4.63. The fourth-order valence-corrected chi connectivity index (χ4v) is 5.40. The van der Waals surface area contributed by atoms with Crippen molar-refractivity contribution in [3.63, 3.8) is 0 Å². The molecular formula is C26H25ClN4O3. The summed E-state index contributed by atoms with van der Waals surface area (Å²) < 4.78 is 5.87. The van der Waals surface area contributed by atoms with Crippen molar-refractivity contribution in [1.82, 2.24) is 9.97 Å². The van der Waals surface area contributed by atoms with Crippen LogP contribution < -0.4 is 15.4 Å². The molecule has 4 aromatic rings. The van der Waals surface area contributed by atoms with Crippen molar-refractivity contribution in [3.05, 3.63) is 77.1 Å². The number of rotatable bonds is 4. The van der Waals surface area contributed by atoms with Gasteiger partial charge >= 0.3 is 0 Å². The second-order valence-corrected chi connectivity index (χ2v) is 9.58. The number of aromatic nitrogens is 2. The fourth-order valence-electron chi connectivity index (χ4n) is 5.13. The average Bonchev–Trinajstić information content (AvgIpc) is 3.43. The second-order valence-electron chi connectivity index (χ2n) is 9.17. The van der Waals surface area contributed by atoms with Crippen molar-refractivity contribution in [3.8, 4) is 11.5 Å². The lowest BCUT2D eigenvalue weighted by Gasteiger charge is -2.38. The van der Waals surface area contributed by atoms with Crippen molar-refractivity contribution in [2.24, 2.45) is 0 Å². The topological polar surface area (TPSA) is 102 Å². The highest BCUT2D eigenvalue weighted by atomic mass is 35.5. The highest BCUT2D eigenvalue weighted by Crippen LogP contribution is 2.45. The van der Waals surface area contributed by atoms with Gasteiger partial charge in [-0.2, -0.15) is 0 Å². The molecule has 1 fully saturated rings. The van der Waals surface area contributed by atoms with E-state index in [0.717, 1.165) is 36.1 Å². The number of benzene rings is 2. The molecule has 1 aliphatic carbocycles. The van der Waals surface area contributed by atoms with Crippen molar-refractivity contribution in [2.45, 2.75) is 37.0 Å². The number of nitrogens with zero attached hydrogens (tertiary/aromatic N) is 1. The van der Waals surface area contributed by atoms with Gasteiger partial charge in [0.05, 0.1) is 39.6 Å². The third kappa shape index (κ3) is 3.66. The summed E-state index contributed by atoms with van der Waals surface area (Å²) in [5.41, 5.74) is 3.50. The van der Waals surface area contributed by atoms with Crippen molar-refractivity contribution < 1.29 is 14.9 Å². The van der Waals surface area contributed by atoms with Gasteiger partial charge < -0.3 is 30.6 Å². The van der Waals surface area contributed by atoms with Crippen LogP contribution in [0, 0.1) is 0 Å². The molecule has 174 valence electrons. The van der Waals surface area contributed by atoms with E-state index in [4.69, 9.17) is 16.3 Å². The van der Waals surface area contributed by atoms with Crippen LogP contribution in [-0.4, -0.2) is 38.4 Å². The number of H-pyrrole nitrogens is 1. The van der Waals surface area contributed by atoms with Crippen LogP contribution in [0.5, 0.6) is 11.5 Å². The Morgan fingerprint density at radius 2 is 1.97 bits per heavy atom. The van der Waals surface area contributed by atoms with E-state index in [1.165, 1.54) is 0 Å². The van der Waals surface area contributed by atoms with E-state index in [2.05, 4.69) is 20.6 Å². The molecule has 0 saturated heterocycles. The Balaban J connectivity index is 1.35. The van der Waals surface area contributed by atoms with Crippen molar-refractivity contribution in [2.75, 3.05) is 17.2 Å². The first-order valence-electron chi connectivity index (χ1n) is 11.4. The third-order valence-electron chi connectivity index (χ3n) is 6.86. The molecule has 2 aromatic carbocycles. The summed E-state index contributed by atoms with van der Waals surface area (Å²) in [5.74, 6) is 1.31. The number of aliphatic hydroxyl groups excluding tert-OH is 2. The number of anilines is 2. The smallest absolute Gasteiger partial charge is 0.139 e. The molecule has 0 bridgehead atoms. The Labute approximate surface area is 201 Å². The summed E-state index contributed by atoms with van der Waals surface area (Å²) in [5, 5.41) is 29.9. The van der Waals surface area contributed by atoms with Crippen LogP contribution in [0.4, 0.5) is 11.4 Å². The lowest BCUT2D eigenvalue weighted by molar-refractivity contribution is 0.176. The number of fused-ring (bicyclic) bond motifs is 3. The molecule has 2 aromatic heterocycles. The van der Waals surface area contributed by atoms with Crippen LogP contribution in [0.15, 0.2) is 60.9 Å². The van der Waals surface area contributed by atoms with Gasteiger partial charge in [0.15, 0.2) is 0 Å². The molecule has 34 heavy (non-hydrogen) atoms. The van der Waals surface area contributed by atoms with Gasteiger partial charge in [0, 0.05) is 23.9 Å². The minimum atomic E-state index is -0.964. The van der Waals surface area contributed by atoms with Crippen LogP contribution in [0.3, 0.4) is 0 Å². The van der Waals surface area contributed by atoms with Gasteiger partial charge in [0.2, 0.25) is 0 Å². The summed E-state index contributed by atoms with van der Waals surface area (Å²) in [6.45, 7) is 0.723. The third-order valence-corrected chi connectivity index (χ3v) is 7.19. The maximum atomic E-state index is 11.4. The zero-order valence-corrected chi connectivity index (χ0v) is 19.1. The van der Waals surface area contributed by atoms with E-state index in [1.54, 1.807) is 30.6 Å². The lowest BCUT2D eigenvalue weighted by Crippen LogP contribution is -2.46. The van der Waals surface area contributed by atoms with Crippen LogP contribution in [-0.2, 0) is 0 Å². The summed E-state index contributed by atoms with van der Waals surface area (Å²) >= 11 is 6.59. The number of ether oxygens (including phenoxy) is 1. The number of aliphatic hydroxyl groups is 2. The average molecular weight is 477 g/mol. The summed E-state index contributed by atoms with van der Waals surface area (Å²) in [4.78, 5) is 7.72. The molecule has 3 atom stereocenters. The van der Waals surface area contributed by atoms with Crippen molar-refractivity contribution in [1.29, 1.82) is 0 Å². The molecule has 1 aliphatic heterocycles. The predicted molar refractivity (Wildman–Crippen MR) is 133 cm³/mol. The Bertz CT molecular complexity index is 1360. The molecule has 3 unspecified atom stereocenters. The van der Waals surface area contributed by atoms with Gasteiger partial charge in [-0.3, -0.25) is 0 Å². The summed E-state index contributed by atoms with van der Waals surface area (Å²) in [7, 11) is 0. The molecule has 1 spiro atoms. The largest absolute Gasteiger partial charge is 0.457 e. The van der Waals surface area contributed by atoms with Gasteiger partial charge in [0.25, 0.3) is 0 Å². The number of halogens is 1. The monoisotopic (exact) mass is 476 g/mol. The van der Waals surface area contributed by atoms with Crippen LogP contribution in [0.1, 0.15) is 36.5 Å². The molecule has 6 rings (SSSR count). The van der Waals surface area contributed by atoms with E-state index in [-0.39, 0.29) is 11.6 Å². The van der Waals surface area contributed by atoms with E-state index in [1.807, 2.05) is 30.3 Å². The molecule has 7 nitrogen and oxygen atoms in total. The Morgan fingerprint density at radius 1 is 1.12 bits per heavy atom. The fraction of sp³-hybridized carbons (Fsp3) is 0.269. The molecule has 3 heterocycles. The number of nitrogens with one attached hydrogen (secondary N) is 3. The van der Waals surface area contributed by atoms with Gasteiger partial charge in [-0.1, -0.05) is 35.9 Å². The molecule has 1 saturated carbocycles. The first-order chi connectivity index (χ1) is 16.5.